The zero-order valence-corrected chi connectivity index (χ0v) is 15.7. The third kappa shape index (κ3) is 4.07. The van der Waals surface area contributed by atoms with E-state index >= 15 is 0 Å². The summed E-state index contributed by atoms with van der Waals surface area (Å²) in [4.78, 5) is 30.8. The van der Waals surface area contributed by atoms with Crippen LogP contribution < -0.4 is 10.2 Å². The van der Waals surface area contributed by atoms with E-state index in [1.54, 1.807) is 6.20 Å². The number of anilines is 1. The van der Waals surface area contributed by atoms with Gasteiger partial charge in [-0.25, -0.2) is 4.98 Å². The molecule has 0 spiro atoms. The summed E-state index contributed by atoms with van der Waals surface area (Å²) >= 11 is 1.44. The van der Waals surface area contributed by atoms with Gasteiger partial charge in [0.2, 0.25) is 5.91 Å². The fraction of sp³-hybridized carbons (Fsp3) is 0.421. The van der Waals surface area contributed by atoms with Crippen molar-refractivity contribution in [1.82, 2.24) is 10.3 Å². The van der Waals surface area contributed by atoms with Gasteiger partial charge in [0.1, 0.15) is 4.88 Å². The Morgan fingerprint density at radius 3 is 2.56 bits per heavy atom. The normalized spacial score (nSPS) is 14.8. The van der Waals surface area contributed by atoms with Gasteiger partial charge in [-0.1, -0.05) is 32.9 Å². The number of rotatable bonds is 4. The van der Waals surface area contributed by atoms with E-state index in [-0.39, 0.29) is 17.2 Å². The Balaban J connectivity index is 1.59. The Morgan fingerprint density at radius 1 is 1.28 bits per heavy atom. The molecule has 1 saturated heterocycles. The lowest BCUT2D eigenvalue weighted by Gasteiger charge is -2.16. The number of hydrogen-bond donors (Lipinski definition) is 1. The third-order valence-electron chi connectivity index (χ3n) is 4.15. The van der Waals surface area contributed by atoms with Crippen molar-refractivity contribution in [3.8, 4) is 0 Å². The molecule has 2 heterocycles. The standard InChI is InChI=1S/C19H23N3O2S/c1-19(2,3)18-21-12-15(25-18)17(24)20-11-13-6-8-14(9-7-13)22-10-4-5-16(22)23/h6-9,12H,4-5,10-11H2,1-3H3,(H,20,24). The summed E-state index contributed by atoms with van der Waals surface area (Å²) in [7, 11) is 0. The van der Waals surface area contributed by atoms with Crippen LogP contribution in [0, 0.1) is 0 Å². The molecule has 0 bridgehead atoms. The summed E-state index contributed by atoms with van der Waals surface area (Å²) in [6.07, 6.45) is 3.19. The summed E-state index contributed by atoms with van der Waals surface area (Å²) in [5.74, 6) is 0.0766. The Labute approximate surface area is 152 Å². The Bertz CT molecular complexity index is 775. The van der Waals surface area contributed by atoms with Crippen molar-refractivity contribution in [1.29, 1.82) is 0 Å². The van der Waals surface area contributed by atoms with E-state index in [9.17, 15) is 9.59 Å². The molecule has 5 nitrogen and oxygen atoms in total. The van der Waals surface area contributed by atoms with Crippen molar-refractivity contribution < 1.29 is 9.59 Å². The molecule has 132 valence electrons. The van der Waals surface area contributed by atoms with Crippen molar-refractivity contribution in [2.24, 2.45) is 0 Å². The second-order valence-corrected chi connectivity index (χ2v) is 8.31. The van der Waals surface area contributed by atoms with Crippen LogP contribution in [0.4, 0.5) is 5.69 Å². The van der Waals surface area contributed by atoms with Crippen molar-refractivity contribution in [3.05, 3.63) is 45.9 Å². The highest BCUT2D eigenvalue weighted by molar-refractivity contribution is 7.13. The Morgan fingerprint density at radius 2 is 2.00 bits per heavy atom. The predicted molar refractivity (Wildman–Crippen MR) is 100 cm³/mol. The first-order valence-electron chi connectivity index (χ1n) is 8.48. The molecule has 3 rings (SSSR count). The smallest absolute Gasteiger partial charge is 0.263 e. The fourth-order valence-corrected chi connectivity index (χ4v) is 3.60. The zero-order chi connectivity index (χ0) is 18.0. The monoisotopic (exact) mass is 357 g/mol. The molecule has 25 heavy (non-hydrogen) atoms. The van der Waals surface area contributed by atoms with Crippen molar-refractivity contribution in [3.63, 3.8) is 0 Å². The van der Waals surface area contributed by atoms with Gasteiger partial charge in [0.05, 0.1) is 11.2 Å². The van der Waals surface area contributed by atoms with Gasteiger partial charge in [0.15, 0.2) is 0 Å². The third-order valence-corrected chi connectivity index (χ3v) is 5.57. The van der Waals surface area contributed by atoms with Crippen LogP contribution in [0.3, 0.4) is 0 Å². The molecule has 1 aliphatic heterocycles. The van der Waals surface area contributed by atoms with Gasteiger partial charge in [0.25, 0.3) is 5.91 Å². The first-order valence-corrected chi connectivity index (χ1v) is 9.30. The molecular weight excluding hydrogens is 334 g/mol. The highest BCUT2D eigenvalue weighted by atomic mass is 32.1. The van der Waals surface area contributed by atoms with Gasteiger partial charge in [-0.05, 0) is 24.1 Å². The predicted octanol–water partition coefficient (Wildman–Crippen LogP) is 3.50. The Kier molecular flexibility index (Phi) is 4.90. The first kappa shape index (κ1) is 17.6. The number of thiazole rings is 1. The number of carbonyl (C=O) groups is 2. The van der Waals surface area contributed by atoms with Gasteiger partial charge in [-0.3, -0.25) is 9.59 Å². The first-order chi connectivity index (χ1) is 11.8. The van der Waals surface area contributed by atoms with E-state index in [1.165, 1.54) is 11.3 Å². The quantitative estimate of drug-likeness (QED) is 0.911. The molecule has 0 radical (unpaired) electrons. The number of carbonyl (C=O) groups excluding carboxylic acids is 2. The molecule has 0 aliphatic carbocycles. The number of amides is 2. The van der Waals surface area contributed by atoms with Gasteiger partial charge < -0.3 is 10.2 Å². The maximum absolute atomic E-state index is 12.3. The van der Waals surface area contributed by atoms with Crippen molar-refractivity contribution >= 4 is 28.8 Å². The van der Waals surface area contributed by atoms with Crippen molar-refractivity contribution in [2.45, 2.75) is 45.6 Å². The van der Waals surface area contributed by atoms with Gasteiger partial charge >= 0.3 is 0 Å². The van der Waals surface area contributed by atoms with Crippen LogP contribution in [0.25, 0.3) is 0 Å². The van der Waals surface area contributed by atoms with E-state index in [0.717, 1.165) is 29.2 Å². The minimum Gasteiger partial charge on any atom is -0.347 e. The van der Waals surface area contributed by atoms with Gasteiger partial charge in [-0.2, -0.15) is 0 Å². The maximum Gasteiger partial charge on any atom is 0.263 e. The fourth-order valence-electron chi connectivity index (χ4n) is 2.71. The van der Waals surface area contributed by atoms with Gasteiger partial charge in [0, 0.05) is 30.6 Å². The van der Waals surface area contributed by atoms with E-state index < -0.39 is 0 Å². The van der Waals surface area contributed by atoms with E-state index in [0.29, 0.717) is 17.8 Å². The molecule has 1 N–H and O–H groups in total. The minimum absolute atomic E-state index is 0.0496. The molecule has 1 aliphatic rings. The lowest BCUT2D eigenvalue weighted by Crippen LogP contribution is -2.24. The molecule has 0 atom stereocenters. The Hall–Kier alpha value is -2.21. The summed E-state index contributed by atoms with van der Waals surface area (Å²) in [6.45, 7) is 7.49. The average Bonchev–Trinajstić information content (AvgIpc) is 3.22. The molecule has 1 aromatic carbocycles. The zero-order valence-electron chi connectivity index (χ0n) is 14.8. The van der Waals surface area contributed by atoms with Crippen LogP contribution in [0.5, 0.6) is 0 Å². The van der Waals surface area contributed by atoms with Crippen LogP contribution in [-0.2, 0) is 16.8 Å². The second-order valence-electron chi connectivity index (χ2n) is 7.28. The highest BCUT2D eigenvalue weighted by Crippen LogP contribution is 2.27. The van der Waals surface area contributed by atoms with Crippen LogP contribution >= 0.6 is 11.3 Å². The molecule has 2 aromatic rings. The average molecular weight is 357 g/mol. The molecule has 2 amide bonds. The van der Waals surface area contributed by atoms with Crippen LogP contribution in [-0.4, -0.2) is 23.3 Å². The molecule has 6 heteroatoms. The maximum atomic E-state index is 12.3. The number of benzene rings is 1. The largest absolute Gasteiger partial charge is 0.347 e. The molecule has 1 aromatic heterocycles. The highest BCUT2D eigenvalue weighted by Gasteiger charge is 2.22. The number of hydrogen-bond acceptors (Lipinski definition) is 4. The second kappa shape index (κ2) is 6.96. The lowest BCUT2D eigenvalue weighted by atomic mass is 9.98. The van der Waals surface area contributed by atoms with Crippen LogP contribution in [0.2, 0.25) is 0 Å². The molecule has 0 saturated carbocycles. The summed E-state index contributed by atoms with van der Waals surface area (Å²) in [5, 5.41) is 3.88. The SMILES string of the molecule is CC(C)(C)c1ncc(C(=O)NCc2ccc(N3CCCC3=O)cc2)s1. The molecular formula is C19H23N3O2S. The van der Waals surface area contributed by atoms with E-state index in [2.05, 4.69) is 31.1 Å². The van der Waals surface area contributed by atoms with Crippen molar-refractivity contribution in [2.75, 3.05) is 11.4 Å². The minimum atomic E-state index is -0.105. The van der Waals surface area contributed by atoms with Crippen LogP contribution in [0.1, 0.15) is 53.9 Å². The molecule has 1 fully saturated rings. The summed E-state index contributed by atoms with van der Waals surface area (Å²) < 4.78 is 0. The topological polar surface area (TPSA) is 62.3 Å². The van der Waals surface area contributed by atoms with E-state index in [4.69, 9.17) is 0 Å². The van der Waals surface area contributed by atoms with E-state index in [1.807, 2.05) is 29.2 Å². The van der Waals surface area contributed by atoms with Crippen LogP contribution in [0.15, 0.2) is 30.5 Å². The number of nitrogens with one attached hydrogen (secondary N) is 1. The lowest BCUT2D eigenvalue weighted by molar-refractivity contribution is -0.117. The summed E-state index contributed by atoms with van der Waals surface area (Å²) in [5.41, 5.74) is 1.88. The number of aromatic nitrogens is 1. The number of nitrogens with zero attached hydrogens (tertiary/aromatic N) is 2. The molecule has 0 unspecified atom stereocenters. The van der Waals surface area contributed by atoms with Gasteiger partial charge in [-0.15, -0.1) is 11.3 Å². The summed E-state index contributed by atoms with van der Waals surface area (Å²) in [6, 6.07) is 7.78.